The maximum absolute atomic E-state index is 14.0. The second-order valence-electron chi connectivity index (χ2n) is 13.3. The third kappa shape index (κ3) is 8.25. The summed E-state index contributed by atoms with van der Waals surface area (Å²) in [5.74, 6) is -3.66. The maximum Gasteiger partial charge on any atom is 0.534 e. The lowest BCUT2D eigenvalue weighted by molar-refractivity contribution is -0.186. The number of alkyl halides is 6. The molecule has 3 rings (SSSR count). The van der Waals surface area contributed by atoms with Crippen molar-refractivity contribution in [2.45, 2.75) is 117 Å². The van der Waals surface area contributed by atoms with Gasteiger partial charge in [0, 0.05) is 18.7 Å². The van der Waals surface area contributed by atoms with Crippen molar-refractivity contribution in [1.82, 2.24) is 4.90 Å². The van der Waals surface area contributed by atoms with Crippen molar-refractivity contribution >= 4 is 22.0 Å². The lowest BCUT2D eigenvalue weighted by atomic mass is 9.75. The molecule has 45 heavy (non-hydrogen) atoms. The minimum atomic E-state index is -6.32. The van der Waals surface area contributed by atoms with Crippen LogP contribution in [0.15, 0.2) is 0 Å². The Balaban J connectivity index is 2.25. The predicted molar refractivity (Wildman–Crippen MR) is 151 cm³/mol. The van der Waals surface area contributed by atoms with Crippen molar-refractivity contribution in [3.8, 4) is 5.75 Å². The summed E-state index contributed by atoms with van der Waals surface area (Å²) < 4.78 is 122. The summed E-state index contributed by atoms with van der Waals surface area (Å²) >= 11 is 0. The van der Waals surface area contributed by atoms with E-state index in [2.05, 4.69) is 4.18 Å². The standard InChI is InChI=1S/C30H41F6NO7S/c1-15(2)19-10-9-16(3)13-22(19)42-26(38)25(43-28(6,7)8)23-17(4)20-11-12-37(27(39)29(31,32)33)14-21(20)18(5)24(23)44-45(40,41)30(34,35)36/h15-16,19,22,25H,9-14H2,1-8H3/t16?,19?,22?,25-/m0/s1. The Kier molecular flexibility index (Phi) is 10.6. The van der Waals surface area contributed by atoms with E-state index in [4.69, 9.17) is 9.47 Å². The van der Waals surface area contributed by atoms with Crippen molar-refractivity contribution in [2.75, 3.05) is 6.54 Å². The maximum atomic E-state index is 14.0. The first kappa shape index (κ1) is 36.9. The number of benzene rings is 1. The number of hydrogen-bond acceptors (Lipinski definition) is 7. The van der Waals surface area contributed by atoms with E-state index in [9.17, 15) is 44.3 Å². The van der Waals surface area contributed by atoms with E-state index < -0.39 is 63.8 Å². The summed E-state index contributed by atoms with van der Waals surface area (Å²) in [4.78, 5) is 26.5. The zero-order valence-electron chi connectivity index (χ0n) is 26.6. The van der Waals surface area contributed by atoms with Crippen LogP contribution in [0.1, 0.15) is 94.7 Å². The van der Waals surface area contributed by atoms with Gasteiger partial charge in [0.05, 0.1) is 5.60 Å². The molecule has 0 N–H and O–H groups in total. The molecule has 8 nitrogen and oxygen atoms in total. The third-order valence-electron chi connectivity index (χ3n) is 8.42. The molecule has 4 atom stereocenters. The topological polar surface area (TPSA) is 99.2 Å². The van der Waals surface area contributed by atoms with E-state index in [1.54, 1.807) is 20.8 Å². The first-order chi connectivity index (χ1) is 20.4. The fraction of sp³-hybridized carbons (Fsp3) is 0.733. The summed E-state index contributed by atoms with van der Waals surface area (Å²) in [6.45, 7) is 12.3. The number of hydrogen-bond donors (Lipinski definition) is 0. The van der Waals surface area contributed by atoms with Gasteiger partial charge in [0.15, 0.2) is 11.9 Å². The lowest BCUT2D eigenvalue weighted by Gasteiger charge is -2.38. The van der Waals surface area contributed by atoms with Gasteiger partial charge in [-0.05, 0) is 93.9 Å². The van der Waals surface area contributed by atoms with Crippen LogP contribution in [-0.4, -0.2) is 55.1 Å². The zero-order valence-corrected chi connectivity index (χ0v) is 27.4. The van der Waals surface area contributed by atoms with Gasteiger partial charge in [-0.25, -0.2) is 4.79 Å². The zero-order chi connectivity index (χ0) is 34.4. The molecule has 3 unspecified atom stereocenters. The second-order valence-corrected chi connectivity index (χ2v) is 14.9. The van der Waals surface area contributed by atoms with Gasteiger partial charge in [0.2, 0.25) is 0 Å². The Morgan fingerprint density at radius 1 is 0.956 bits per heavy atom. The van der Waals surface area contributed by atoms with Gasteiger partial charge in [-0.1, -0.05) is 27.2 Å². The minimum absolute atomic E-state index is 0.00900. The van der Waals surface area contributed by atoms with E-state index in [1.807, 2.05) is 20.8 Å². The smallest absolute Gasteiger partial charge is 0.460 e. The van der Waals surface area contributed by atoms with E-state index in [0.29, 0.717) is 16.9 Å². The Morgan fingerprint density at radius 3 is 2.07 bits per heavy atom. The molecule has 1 aromatic carbocycles. The molecule has 1 aliphatic carbocycles. The summed E-state index contributed by atoms with van der Waals surface area (Å²) in [5.41, 5.74) is -7.18. The number of carbonyl (C=O) groups is 2. The normalized spacial score (nSPS) is 22.2. The molecule has 1 saturated carbocycles. The molecule has 1 amide bonds. The molecule has 0 radical (unpaired) electrons. The van der Waals surface area contributed by atoms with Crippen molar-refractivity contribution in [3.05, 3.63) is 27.8 Å². The van der Waals surface area contributed by atoms with E-state index >= 15 is 0 Å². The van der Waals surface area contributed by atoms with E-state index in [-0.39, 0.29) is 53.0 Å². The molecular formula is C30H41F6NO7S. The SMILES string of the molecule is Cc1c2c(c(C)c([C@H](OC(C)(C)C)C(=O)OC3CC(C)CCC3C(C)C)c1OS(=O)(=O)C(F)(F)F)CCN(C(=O)C(F)(F)F)C2. The molecule has 1 heterocycles. The van der Waals surface area contributed by atoms with Crippen LogP contribution in [0.3, 0.4) is 0 Å². The highest BCUT2D eigenvalue weighted by Crippen LogP contribution is 2.45. The first-order valence-corrected chi connectivity index (χ1v) is 16.2. The van der Waals surface area contributed by atoms with Crippen LogP contribution in [0, 0.1) is 31.6 Å². The highest BCUT2D eigenvalue weighted by atomic mass is 32.2. The van der Waals surface area contributed by atoms with Crippen LogP contribution in [0.5, 0.6) is 5.75 Å². The van der Waals surface area contributed by atoms with Gasteiger partial charge in [-0.3, -0.25) is 4.79 Å². The van der Waals surface area contributed by atoms with Gasteiger partial charge in [-0.15, -0.1) is 0 Å². The Labute approximate surface area is 259 Å². The van der Waals surface area contributed by atoms with Gasteiger partial charge < -0.3 is 18.6 Å². The van der Waals surface area contributed by atoms with Crippen LogP contribution >= 0.6 is 0 Å². The fourth-order valence-corrected chi connectivity index (χ4v) is 6.69. The molecule has 0 spiro atoms. The molecule has 0 aromatic heterocycles. The summed E-state index contributed by atoms with van der Waals surface area (Å²) in [5, 5.41) is 0. The summed E-state index contributed by atoms with van der Waals surface area (Å²) in [7, 11) is -6.32. The number of ether oxygens (including phenoxy) is 2. The molecule has 1 fully saturated rings. The van der Waals surface area contributed by atoms with Crippen LogP contribution in [-0.2, 0) is 42.1 Å². The summed E-state index contributed by atoms with van der Waals surface area (Å²) in [6, 6.07) is 0. The molecule has 15 heteroatoms. The monoisotopic (exact) mass is 673 g/mol. The number of halogens is 6. The fourth-order valence-electron chi connectivity index (χ4n) is 6.17. The van der Waals surface area contributed by atoms with Crippen molar-refractivity contribution in [2.24, 2.45) is 17.8 Å². The Hall–Kier alpha value is -2.55. The van der Waals surface area contributed by atoms with E-state index in [0.717, 1.165) is 12.8 Å². The molecule has 1 aromatic rings. The lowest BCUT2D eigenvalue weighted by Crippen LogP contribution is -2.44. The third-order valence-corrected chi connectivity index (χ3v) is 9.38. The average molecular weight is 674 g/mol. The van der Waals surface area contributed by atoms with Crippen molar-refractivity contribution < 1.29 is 58.0 Å². The molecule has 256 valence electrons. The number of esters is 1. The number of carbonyl (C=O) groups excluding carboxylic acids is 2. The first-order valence-electron chi connectivity index (χ1n) is 14.8. The number of rotatable bonds is 7. The van der Waals surface area contributed by atoms with Crippen LogP contribution in [0.4, 0.5) is 26.3 Å². The van der Waals surface area contributed by atoms with Gasteiger partial charge in [0.25, 0.3) is 0 Å². The minimum Gasteiger partial charge on any atom is -0.460 e. The van der Waals surface area contributed by atoms with Gasteiger partial charge >= 0.3 is 33.7 Å². The number of fused-ring (bicyclic) bond motifs is 1. The molecule has 1 aliphatic heterocycles. The van der Waals surface area contributed by atoms with Crippen molar-refractivity contribution in [3.63, 3.8) is 0 Å². The average Bonchev–Trinajstić information content (AvgIpc) is 2.88. The molecular weight excluding hydrogens is 632 g/mol. The Bertz CT molecular complexity index is 1400. The number of amides is 1. The number of nitrogens with zero attached hydrogens (tertiary/aromatic N) is 1. The Morgan fingerprint density at radius 2 is 1.56 bits per heavy atom. The highest BCUT2D eigenvalue weighted by molar-refractivity contribution is 7.88. The summed E-state index contributed by atoms with van der Waals surface area (Å²) in [6.07, 6.45) is -5.43. The largest absolute Gasteiger partial charge is 0.534 e. The molecule has 2 aliphatic rings. The predicted octanol–water partition coefficient (Wildman–Crippen LogP) is 6.84. The van der Waals surface area contributed by atoms with Gasteiger partial charge in [-0.2, -0.15) is 34.8 Å². The van der Waals surface area contributed by atoms with Crippen LogP contribution in [0.25, 0.3) is 0 Å². The van der Waals surface area contributed by atoms with Gasteiger partial charge in [0.1, 0.15) is 6.10 Å². The molecule has 0 bridgehead atoms. The van der Waals surface area contributed by atoms with Crippen molar-refractivity contribution in [1.29, 1.82) is 0 Å². The van der Waals surface area contributed by atoms with E-state index in [1.165, 1.54) is 13.8 Å². The van der Waals surface area contributed by atoms with Crippen LogP contribution in [0.2, 0.25) is 0 Å². The molecule has 0 saturated heterocycles. The second kappa shape index (κ2) is 12.9. The highest BCUT2D eigenvalue weighted by Gasteiger charge is 2.51. The van der Waals surface area contributed by atoms with Crippen LogP contribution < -0.4 is 4.18 Å². The quantitative estimate of drug-likeness (QED) is 0.135.